The van der Waals surface area contributed by atoms with Gasteiger partial charge in [-0.15, -0.1) is 12.4 Å². The van der Waals surface area contributed by atoms with Crippen molar-refractivity contribution in [2.45, 2.75) is 32.4 Å². The molecule has 0 bridgehead atoms. The maximum absolute atomic E-state index is 13.7. The molecule has 0 saturated carbocycles. The maximum Gasteiger partial charge on any atom is 0.130 e. The standard InChI is InChI=1S/C14H20F2N2.ClH/c1-9-8-18(7-6-13(9)17)10(2)14-11(15)4-3-5-12(14)16;/h3-5,9-10,13H,6-8,17H2,1-2H3;1H. The lowest BCUT2D eigenvalue weighted by atomic mass is 9.92. The van der Waals surface area contributed by atoms with E-state index in [9.17, 15) is 8.78 Å². The van der Waals surface area contributed by atoms with Crippen LogP contribution in [0.15, 0.2) is 18.2 Å². The minimum absolute atomic E-state index is 0. The van der Waals surface area contributed by atoms with Gasteiger partial charge in [0.2, 0.25) is 0 Å². The Balaban J connectivity index is 0.00000180. The lowest BCUT2D eigenvalue weighted by Crippen LogP contribution is -2.46. The minimum Gasteiger partial charge on any atom is -0.327 e. The third kappa shape index (κ3) is 3.44. The molecule has 3 atom stereocenters. The molecule has 1 aliphatic heterocycles. The predicted molar refractivity (Wildman–Crippen MR) is 75.4 cm³/mol. The second-order valence-electron chi connectivity index (χ2n) is 5.24. The van der Waals surface area contributed by atoms with E-state index in [1.54, 1.807) is 0 Å². The van der Waals surface area contributed by atoms with Gasteiger partial charge in [0.25, 0.3) is 0 Å². The van der Waals surface area contributed by atoms with E-state index in [1.807, 2.05) is 6.92 Å². The van der Waals surface area contributed by atoms with E-state index in [-0.39, 0.29) is 30.1 Å². The molecule has 3 unspecified atom stereocenters. The van der Waals surface area contributed by atoms with Crippen LogP contribution in [0.1, 0.15) is 31.9 Å². The number of halogens is 3. The molecule has 0 spiro atoms. The summed E-state index contributed by atoms with van der Waals surface area (Å²) in [5.74, 6) is -0.578. The quantitative estimate of drug-likeness (QED) is 0.907. The topological polar surface area (TPSA) is 29.3 Å². The van der Waals surface area contributed by atoms with Crippen molar-refractivity contribution in [2.75, 3.05) is 13.1 Å². The molecule has 0 aliphatic carbocycles. The van der Waals surface area contributed by atoms with Crippen LogP contribution in [0.4, 0.5) is 8.78 Å². The molecule has 1 aromatic rings. The Kier molecular flexibility index (Phi) is 5.71. The number of benzene rings is 1. The second-order valence-corrected chi connectivity index (χ2v) is 5.24. The molecule has 0 amide bonds. The summed E-state index contributed by atoms with van der Waals surface area (Å²) in [5.41, 5.74) is 6.13. The van der Waals surface area contributed by atoms with Crippen LogP contribution in [-0.2, 0) is 0 Å². The third-order valence-electron chi connectivity index (χ3n) is 3.97. The first kappa shape index (κ1) is 16.3. The van der Waals surface area contributed by atoms with Crippen molar-refractivity contribution in [3.8, 4) is 0 Å². The lowest BCUT2D eigenvalue weighted by molar-refractivity contribution is 0.120. The number of rotatable bonds is 2. The van der Waals surface area contributed by atoms with Gasteiger partial charge in [-0.05, 0) is 31.4 Å². The van der Waals surface area contributed by atoms with E-state index < -0.39 is 11.6 Å². The number of likely N-dealkylation sites (tertiary alicyclic amines) is 1. The molecule has 2 nitrogen and oxygen atoms in total. The van der Waals surface area contributed by atoms with Crippen LogP contribution >= 0.6 is 12.4 Å². The zero-order valence-corrected chi connectivity index (χ0v) is 12.1. The molecule has 108 valence electrons. The van der Waals surface area contributed by atoms with Gasteiger partial charge < -0.3 is 5.73 Å². The second kappa shape index (κ2) is 6.64. The highest BCUT2D eigenvalue weighted by atomic mass is 35.5. The molecule has 5 heteroatoms. The molecule has 2 N–H and O–H groups in total. The summed E-state index contributed by atoms with van der Waals surface area (Å²) < 4.78 is 27.5. The van der Waals surface area contributed by atoms with Crippen molar-refractivity contribution in [3.05, 3.63) is 35.4 Å². The van der Waals surface area contributed by atoms with Crippen molar-refractivity contribution in [1.82, 2.24) is 4.90 Å². The van der Waals surface area contributed by atoms with Crippen LogP contribution in [0.5, 0.6) is 0 Å². The van der Waals surface area contributed by atoms with E-state index in [0.29, 0.717) is 5.92 Å². The van der Waals surface area contributed by atoms with Gasteiger partial charge in [-0.25, -0.2) is 8.78 Å². The molecule has 1 saturated heterocycles. The number of hydrogen-bond donors (Lipinski definition) is 1. The fourth-order valence-corrected chi connectivity index (χ4v) is 2.64. The predicted octanol–water partition coefficient (Wildman–Crippen LogP) is 3.12. The molecule has 1 aromatic carbocycles. The fourth-order valence-electron chi connectivity index (χ4n) is 2.64. The largest absolute Gasteiger partial charge is 0.327 e. The average molecular weight is 291 g/mol. The molecule has 1 heterocycles. The Hall–Kier alpha value is -0.710. The zero-order chi connectivity index (χ0) is 13.3. The van der Waals surface area contributed by atoms with Crippen LogP contribution in [0, 0.1) is 17.6 Å². The van der Waals surface area contributed by atoms with Crippen molar-refractivity contribution in [1.29, 1.82) is 0 Å². The van der Waals surface area contributed by atoms with Gasteiger partial charge in [-0.1, -0.05) is 13.0 Å². The first-order valence-electron chi connectivity index (χ1n) is 6.44. The molecule has 0 radical (unpaired) electrons. The van der Waals surface area contributed by atoms with Crippen LogP contribution in [0.2, 0.25) is 0 Å². The fraction of sp³-hybridized carbons (Fsp3) is 0.571. The summed E-state index contributed by atoms with van der Waals surface area (Å²) in [6.07, 6.45) is 0.877. The van der Waals surface area contributed by atoms with E-state index >= 15 is 0 Å². The van der Waals surface area contributed by atoms with E-state index in [4.69, 9.17) is 5.73 Å². The summed E-state index contributed by atoms with van der Waals surface area (Å²) in [6.45, 7) is 5.52. The lowest BCUT2D eigenvalue weighted by Gasteiger charge is -2.39. The van der Waals surface area contributed by atoms with Gasteiger partial charge in [0.05, 0.1) is 0 Å². The average Bonchev–Trinajstić information content (AvgIpc) is 2.32. The summed E-state index contributed by atoms with van der Waals surface area (Å²) in [7, 11) is 0. The SMILES string of the molecule is CC1CN(C(C)c2c(F)cccc2F)CCC1N.Cl. The smallest absolute Gasteiger partial charge is 0.130 e. The minimum atomic E-state index is -0.468. The number of piperidine rings is 1. The van der Waals surface area contributed by atoms with Crippen LogP contribution in [-0.4, -0.2) is 24.0 Å². The molecule has 0 aromatic heterocycles. The van der Waals surface area contributed by atoms with Gasteiger partial charge in [0.1, 0.15) is 11.6 Å². The molecule has 2 rings (SSSR count). The maximum atomic E-state index is 13.7. The van der Waals surface area contributed by atoms with Crippen molar-refractivity contribution in [2.24, 2.45) is 11.7 Å². The third-order valence-corrected chi connectivity index (χ3v) is 3.97. The molecular formula is C14H21ClF2N2. The number of nitrogens with zero attached hydrogens (tertiary/aromatic N) is 1. The van der Waals surface area contributed by atoms with Crippen molar-refractivity contribution < 1.29 is 8.78 Å². The van der Waals surface area contributed by atoms with Crippen molar-refractivity contribution in [3.63, 3.8) is 0 Å². The summed E-state index contributed by atoms with van der Waals surface area (Å²) in [5, 5.41) is 0. The Bertz CT molecular complexity index is 408. The first-order valence-corrected chi connectivity index (χ1v) is 6.44. The molecule has 1 aliphatic rings. The normalized spacial score (nSPS) is 25.7. The van der Waals surface area contributed by atoms with E-state index in [0.717, 1.165) is 19.5 Å². The summed E-state index contributed by atoms with van der Waals surface area (Å²) in [6, 6.07) is 3.97. The Morgan fingerprint density at radius 3 is 2.42 bits per heavy atom. The van der Waals surface area contributed by atoms with Gasteiger partial charge >= 0.3 is 0 Å². The van der Waals surface area contributed by atoms with Crippen LogP contribution in [0.3, 0.4) is 0 Å². The van der Waals surface area contributed by atoms with Crippen LogP contribution < -0.4 is 5.73 Å². The van der Waals surface area contributed by atoms with Crippen molar-refractivity contribution >= 4 is 12.4 Å². The van der Waals surface area contributed by atoms with Gasteiger partial charge in [-0.2, -0.15) is 0 Å². The highest BCUT2D eigenvalue weighted by Gasteiger charge is 2.29. The molecule has 19 heavy (non-hydrogen) atoms. The molecule has 1 fully saturated rings. The van der Waals surface area contributed by atoms with E-state index in [1.165, 1.54) is 18.2 Å². The Morgan fingerprint density at radius 1 is 1.32 bits per heavy atom. The zero-order valence-electron chi connectivity index (χ0n) is 11.3. The number of hydrogen-bond acceptors (Lipinski definition) is 2. The Labute approximate surface area is 119 Å². The molecular weight excluding hydrogens is 270 g/mol. The van der Waals surface area contributed by atoms with Gasteiger partial charge in [0, 0.05) is 30.7 Å². The highest BCUT2D eigenvalue weighted by Crippen LogP contribution is 2.29. The monoisotopic (exact) mass is 290 g/mol. The summed E-state index contributed by atoms with van der Waals surface area (Å²) >= 11 is 0. The van der Waals surface area contributed by atoms with Crippen LogP contribution in [0.25, 0.3) is 0 Å². The highest BCUT2D eigenvalue weighted by molar-refractivity contribution is 5.85. The first-order chi connectivity index (χ1) is 8.50. The van der Waals surface area contributed by atoms with E-state index in [2.05, 4.69) is 11.8 Å². The summed E-state index contributed by atoms with van der Waals surface area (Å²) in [4.78, 5) is 2.11. The number of nitrogens with two attached hydrogens (primary N) is 1. The Morgan fingerprint density at radius 2 is 1.89 bits per heavy atom. The van der Waals surface area contributed by atoms with Gasteiger partial charge in [0.15, 0.2) is 0 Å². The van der Waals surface area contributed by atoms with Gasteiger partial charge in [-0.3, -0.25) is 4.90 Å².